The van der Waals surface area contributed by atoms with Crippen LogP contribution in [0.3, 0.4) is 0 Å². The molecule has 2 spiro atoms. The summed E-state index contributed by atoms with van der Waals surface area (Å²) in [4.78, 5) is 2.56. The molecule has 0 aromatic heterocycles. The maximum absolute atomic E-state index is 7.59. The predicted molar refractivity (Wildman–Crippen MR) is 360 cm³/mol. The molecule has 15 rings (SSSR count). The molecule has 86 heavy (non-hydrogen) atoms. The Hall–Kier alpha value is -8.98. The molecule has 0 radical (unpaired) electrons. The van der Waals surface area contributed by atoms with Gasteiger partial charge in [-0.15, -0.1) is 0 Å². The van der Waals surface area contributed by atoms with Gasteiger partial charge in [-0.05, 0) is 147 Å². The zero-order valence-corrected chi connectivity index (χ0v) is 51.9. The Morgan fingerprint density at radius 3 is 1.14 bits per heavy atom. The average molecular weight is 1110 g/mol. The molecule has 0 N–H and O–H groups in total. The van der Waals surface area contributed by atoms with Gasteiger partial charge in [0.2, 0.25) is 0 Å². The predicted octanol–water partition coefficient (Wildman–Crippen LogP) is 22.5. The second kappa shape index (κ2) is 18.8. The highest BCUT2D eigenvalue weighted by Gasteiger charge is 2.54. The van der Waals surface area contributed by atoms with Crippen molar-refractivity contribution in [2.24, 2.45) is 0 Å². The summed E-state index contributed by atoms with van der Waals surface area (Å²) in [5.74, 6) is 1.75. The number of hydrogen-bond acceptors (Lipinski definition) is 2. The highest BCUT2D eigenvalue weighted by Crippen LogP contribution is 2.67. The monoisotopic (exact) mass is 1110 g/mol. The molecule has 0 fully saturated rings. The number of ether oxygens (including phenoxy) is 1. The Kier molecular flexibility index (Phi) is 11.7. The quantitative estimate of drug-likeness (QED) is 0.170. The van der Waals surface area contributed by atoms with Crippen molar-refractivity contribution in [2.45, 2.75) is 116 Å². The van der Waals surface area contributed by atoms with Crippen LogP contribution in [0.25, 0.3) is 55.6 Å². The number of fused-ring (bicyclic) bond motifs is 19. The van der Waals surface area contributed by atoms with Gasteiger partial charge in [0.1, 0.15) is 11.5 Å². The Morgan fingerprint density at radius 2 is 0.628 bits per heavy atom. The molecule has 3 aliphatic carbocycles. The lowest BCUT2D eigenvalue weighted by Crippen LogP contribution is -2.33. The number of para-hydroxylation sites is 4. The number of hydrogen-bond donors (Lipinski definition) is 0. The number of anilines is 3. The van der Waals surface area contributed by atoms with Crippen molar-refractivity contribution in [1.82, 2.24) is 0 Å². The SMILES string of the molecule is CC(C)(C)c1ccc2c(c1)C1(c3ccccc3-c3ccc(N(c4ccccc4-c4ccccc4)c4ccccc4-c4cccc5c4Oc4ccccc4C54c5cc(C(C)(C)C)ccc5-c5ccc(C(C)(C)C)cc54)cc31)c1cc(C(C)(C)C)ccc1-2. The summed E-state index contributed by atoms with van der Waals surface area (Å²) in [6, 6.07) is 90.7. The third kappa shape index (κ3) is 7.77. The van der Waals surface area contributed by atoms with Crippen LogP contribution in [-0.4, -0.2) is 0 Å². The first-order chi connectivity index (χ1) is 41.2. The van der Waals surface area contributed by atoms with E-state index in [1.54, 1.807) is 0 Å². The molecule has 0 bridgehead atoms. The van der Waals surface area contributed by atoms with Crippen LogP contribution >= 0.6 is 0 Å². The molecule has 2 nitrogen and oxygen atoms in total. The summed E-state index contributed by atoms with van der Waals surface area (Å²) in [5, 5.41) is 0. The normalized spacial score (nSPS) is 14.6. The molecule has 0 atom stereocenters. The van der Waals surface area contributed by atoms with Crippen LogP contribution in [0.15, 0.2) is 237 Å². The fraction of sp³-hybridized carbons (Fsp3) is 0.214. The molecule has 4 aliphatic rings. The second-order valence-electron chi connectivity index (χ2n) is 28.8. The van der Waals surface area contributed by atoms with Crippen molar-refractivity contribution < 1.29 is 4.74 Å². The molecule has 1 aliphatic heterocycles. The van der Waals surface area contributed by atoms with Gasteiger partial charge in [0.15, 0.2) is 0 Å². The molecule has 0 saturated heterocycles. The Morgan fingerprint density at radius 1 is 0.267 bits per heavy atom. The molecule has 0 saturated carbocycles. The largest absolute Gasteiger partial charge is 0.456 e. The molecule has 2 heteroatoms. The number of nitrogens with zero attached hydrogens (tertiary/aromatic N) is 1. The zero-order chi connectivity index (χ0) is 59.5. The average Bonchev–Trinajstić information content (AvgIpc) is 1.50. The molecule has 11 aromatic rings. The summed E-state index contributed by atoms with van der Waals surface area (Å²) in [6.45, 7) is 28.1. The molecule has 422 valence electrons. The topological polar surface area (TPSA) is 12.5 Å². The summed E-state index contributed by atoms with van der Waals surface area (Å²) in [6.07, 6.45) is 0. The van der Waals surface area contributed by atoms with Crippen LogP contribution in [0.5, 0.6) is 11.5 Å². The third-order valence-corrected chi connectivity index (χ3v) is 19.6. The second-order valence-corrected chi connectivity index (χ2v) is 28.8. The van der Waals surface area contributed by atoms with E-state index < -0.39 is 10.8 Å². The van der Waals surface area contributed by atoms with Gasteiger partial charge in [-0.25, -0.2) is 0 Å². The molecule has 0 amide bonds. The minimum absolute atomic E-state index is 0.0661. The first kappa shape index (κ1) is 53.7. The van der Waals surface area contributed by atoms with Gasteiger partial charge in [-0.3, -0.25) is 0 Å². The van der Waals surface area contributed by atoms with Crippen molar-refractivity contribution in [3.05, 3.63) is 303 Å². The van der Waals surface area contributed by atoms with Gasteiger partial charge in [-0.1, -0.05) is 289 Å². The molecular formula is C84H75NO. The van der Waals surface area contributed by atoms with E-state index in [4.69, 9.17) is 4.74 Å². The van der Waals surface area contributed by atoms with Gasteiger partial charge in [0.25, 0.3) is 0 Å². The first-order valence-electron chi connectivity index (χ1n) is 31.0. The first-order valence-corrected chi connectivity index (χ1v) is 31.0. The minimum atomic E-state index is -0.682. The van der Waals surface area contributed by atoms with E-state index in [9.17, 15) is 0 Å². The Balaban J connectivity index is 1.02. The van der Waals surface area contributed by atoms with E-state index >= 15 is 0 Å². The number of rotatable bonds is 5. The van der Waals surface area contributed by atoms with E-state index in [0.717, 1.165) is 56.4 Å². The van der Waals surface area contributed by atoms with Gasteiger partial charge in [0, 0.05) is 33.5 Å². The van der Waals surface area contributed by atoms with Crippen molar-refractivity contribution in [2.75, 3.05) is 4.90 Å². The van der Waals surface area contributed by atoms with Crippen LogP contribution in [0.2, 0.25) is 0 Å². The van der Waals surface area contributed by atoms with Crippen molar-refractivity contribution in [3.8, 4) is 67.1 Å². The maximum atomic E-state index is 7.59. The highest BCUT2D eigenvalue weighted by atomic mass is 16.5. The van der Waals surface area contributed by atoms with Gasteiger partial charge < -0.3 is 9.64 Å². The van der Waals surface area contributed by atoms with Crippen molar-refractivity contribution in [1.29, 1.82) is 0 Å². The Bertz CT molecular complexity index is 4470. The van der Waals surface area contributed by atoms with Crippen molar-refractivity contribution >= 4 is 17.1 Å². The standard InChI is InChI=1S/C84H75NO/c1-79(2,3)53-37-42-60-61-43-38-54(80(4,5)6)48-71(61)83(70(60)47-53)67-31-19-16-28-59(67)64-46-41-57(51-74(64)83)85(75-34-21-17-27-58(75)52-25-14-13-15-26-52)76-35-22-18-29-65(76)66-30-24-33-69-78(66)86-77-36-23-20-32-68(77)84(69)72-49-55(81(7,8)9)39-44-62(72)63-45-40-56(50-73(63)84)82(10,11)12/h13-51H,1-12H3. The lowest BCUT2D eigenvalue weighted by Gasteiger charge is -2.41. The van der Waals surface area contributed by atoms with E-state index in [1.165, 1.54) is 94.6 Å². The third-order valence-electron chi connectivity index (χ3n) is 19.6. The van der Waals surface area contributed by atoms with Crippen LogP contribution < -0.4 is 9.64 Å². The summed E-state index contributed by atoms with van der Waals surface area (Å²) in [7, 11) is 0. The molecule has 11 aromatic carbocycles. The summed E-state index contributed by atoms with van der Waals surface area (Å²) in [5.41, 5.74) is 29.4. The molecular weight excluding hydrogens is 1040 g/mol. The highest BCUT2D eigenvalue weighted by molar-refractivity contribution is 6.00. The molecule has 1 heterocycles. The van der Waals surface area contributed by atoms with Gasteiger partial charge in [0.05, 0.1) is 22.2 Å². The van der Waals surface area contributed by atoms with E-state index in [1.807, 2.05) is 0 Å². The lowest BCUT2D eigenvalue weighted by molar-refractivity contribution is 0.437. The van der Waals surface area contributed by atoms with E-state index in [0.29, 0.717) is 0 Å². The van der Waals surface area contributed by atoms with Crippen LogP contribution in [0, 0.1) is 0 Å². The van der Waals surface area contributed by atoms with E-state index in [-0.39, 0.29) is 21.7 Å². The zero-order valence-electron chi connectivity index (χ0n) is 51.9. The maximum Gasteiger partial charge on any atom is 0.140 e. The fourth-order valence-corrected chi connectivity index (χ4v) is 15.2. The molecule has 0 unspecified atom stereocenters. The van der Waals surface area contributed by atoms with Gasteiger partial charge >= 0.3 is 0 Å². The smallest absolute Gasteiger partial charge is 0.140 e. The van der Waals surface area contributed by atoms with E-state index in [2.05, 4.69) is 325 Å². The van der Waals surface area contributed by atoms with Crippen LogP contribution in [0.4, 0.5) is 17.1 Å². The Labute approximate surface area is 509 Å². The minimum Gasteiger partial charge on any atom is -0.456 e. The summed E-state index contributed by atoms with van der Waals surface area (Å²) < 4.78 is 7.59. The van der Waals surface area contributed by atoms with Gasteiger partial charge in [-0.2, -0.15) is 0 Å². The van der Waals surface area contributed by atoms with Crippen molar-refractivity contribution in [3.63, 3.8) is 0 Å². The summed E-state index contributed by atoms with van der Waals surface area (Å²) >= 11 is 0. The number of benzene rings is 11. The lowest BCUT2D eigenvalue weighted by atomic mass is 9.64. The fourth-order valence-electron chi connectivity index (χ4n) is 15.2. The van der Waals surface area contributed by atoms with Crippen LogP contribution in [0.1, 0.15) is 150 Å². The van der Waals surface area contributed by atoms with Crippen LogP contribution in [-0.2, 0) is 32.5 Å².